The fourth-order valence-electron chi connectivity index (χ4n) is 2.56. The molecule has 3 rings (SSSR count). The van der Waals surface area contributed by atoms with Gasteiger partial charge in [-0.25, -0.2) is 9.37 Å². The number of para-hydroxylation sites is 1. The van der Waals surface area contributed by atoms with Gasteiger partial charge < -0.3 is 9.72 Å². The average molecular weight is 344 g/mol. The molecule has 1 heterocycles. The normalized spacial score (nSPS) is 11.0. The van der Waals surface area contributed by atoms with Crippen molar-refractivity contribution in [1.82, 2.24) is 9.97 Å². The van der Waals surface area contributed by atoms with Crippen molar-refractivity contribution in [2.75, 3.05) is 6.61 Å². The molecule has 3 aromatic rings. The van der Waals surface area contributed by atoms with E-state index in [4.69, 9.17) is 4.74 Å². The van der Waals surface area contributed by atoms with Crippen molar-refractivity contribution in [2.45, 2.75) is 26.2 Å². The maximum atomic E-state index is 13.9. The first kappa shape index (κ1) is 17.1. The monoisotopic (exact) mass is 344 g/mol. The van der Waals surface area contributed by atoms with E-state index in [0.29, 0.717) is 17.5 Å². The molecule has 0 aliphatic heterocycles. The number of hydrogen-bond donors (Lipinski definition) is 1. The Kier molecular flexibility index (Phi) is 5.07. The van der Waals surface area contributed by atoms with E-state index in [2.05, 4.69) is 9.97 Å². The number of nitrogens with one attached hydrogen (secondary N) is 1. The van der Waals surface area contributed by atoms with E-state index in [-0.39, 0.29) is 22.7 Å². The van der Waals surface area contributed by atoms with Crippen LogP contribution in [-0.4, -0.2) is 16.6 Å². The van der Waals surface area contributed by atoms with Gasteiger partial charge in [0.25, 0.3) is 5.56 Å². The summed E-state index contributed by atoms with van der Waals surface area (Å²) in [5.74, 6) is -2.09. The summed E-state index contributed by atoms with van der Waals surface area (Å²) in [5.41, 5.74) is 0.402. The van der Waals surface area contributed by atoms with Gasteiger partial charge in [0.2, 0.25) is 5.82 Å². The topological polar surface area (TPSA) is 55.0 Å². The third kappa shape index (κ3) is 3.68. The standard InChI is InChI=1S/C19H18F2N2O2/c1-2-3-6-9-25-16-11-12(10-14(20)17(16)21)18-22-15-8-5-4-7-13(15)19(24)23-18/h4-5,7-8,10-11H,2-3,6,9H2,1H3,(H,22,23,24). The second kappa shape index (κ2) is 7.42. The van der Waals surface area contributed by atoms with Crippen LogP contribution in [-0.2, 0) is 0 Å². The van der Waals surface area contributed by atoms with Crippen LogP contribution in [0.15, 0.2) is 41.2 Å². The van der Waals surface area contributed by atoms with Gasteiger partial charge in [0.15, 0.2) is 11.6 Å². The highest BCUT2D eigenvalue weighted by Gasteiger charge is 2.15. The van der Waals surface area contributed by atoms with Gasteiger partial charge in [0, 0.05) is 5.56 Å². The van der Waals surface area contributed by atoms with Gasteiger partial charge in [0.05, 0.1) is 17.5 Å². The van der Waals surface area contributed by atoms with Crippen LogP contribution in [0.3, 0.4) is 0 Å². The average Bonchev–Trinajstić information content (AvgIpc) is 2.62. The van der Waals surface area contributed by atoms with Gasteiger partial charge in [-0.05, 0) is 30.7 Å². The summed E-state index contributed by atoms with van der Waals surface area (Å²) < 4.78 is 33.3. The summed E-state index contributed by atoms with van der Waals surface area (Å²) in [4.78, 5) is 19.1. The zero-order valence-corrected chi connectivity index (χ0v) is 13.8. The Bertz CT molecular complexity index is 954. The smallest absolute Gasteiger partial charge is 0.259 e. The lowest BCUT2D eigenvalue weighted by molar-refractivity contribution is 0.286. The largest absolute Gasteiger partial charge is 0.490 e. The number of ether oxygens (including phenoxy) is 1. The van der Waals surface area contributed by atoms with E-state index in [1.807, 2.05) is 6.92 Å². The Balaban J connectivity index is 1.99. The molecule has 0 unspecified atom stereocenters. The zero-order chi connectivity index (χ0) is 17.8. The van der Waals surface area contributed by atoms with E-state index in [0.717, 1.165) is 25.3 Å². The molecular formula is C19H18F2N2O2. The van der Waals surface area contributed by atoms with Crippen LogP contribution in [0.25, 0.3) is 22.3 Å². The van der Waals surface area contributed by atoms with Crippen LogP contribution in [0.4, 0.5) is 8.78 Å². The second-order valence-corrected chi connectivity index (χ2v) is 5.76. The molecule has 0 aliphatic carbocycles. The number of benzene rings is 2. The first-order chi connectivity index (χ1) is 12.1. The number of rotatable bonds is 6. The fourth-order valence-corrected chi connectivity index (χ4v) is 2.56. The van der Waals surface area contributed by atoms with Crippen LogP contribution >= 0.6 is 0 Å². The summed E-state index contributed by atoms with van der Waals surface area (Å²) in [6.45, 7) is 2.35. The van der Waals surface area contributed by atoms with Crippen molar-refractivity contribution in [3.63, 3.8) is 0 Å². The van der Waals surface area contributed by atoms with E-state index >= 15 is 0 Å². The Morgan fingerprint density at radius 1 is 1.16 bits per heavy atom. The van der Waals surface area contributed by atoms with Crippen LogP contribution in [0.5, 0.6) is 5.75 Å². The number of nitrogens with zero attached hydrogens (tertiary/aromatic N) is 1. The highest BCUT2D eigenvalue weighted by molar-refractivity contribution is 5.79. The molecule has 0 fully saturated rings. The Morgan fingerprint density at radius 3 is 2.76 bits per heavy atom. The quantitative estimate of drug-likeness (QED) is 0.673. The van der Waals surface area contributed by atoms with Gasteiger partial charge in [-0.1, -0.05) is 31.9 Å². The molecule has 6 heteroatoms. The van der Waals surface area contributed by atoms with Crippen molar-refractivity contribution in [3.8, 4) is 17.1 Å². The lowest BCUT2D eigenvalue weighted by Crippen LogP contribution is -2.10. The minimum absolute atomic E-state index is 0.168. The Morgan fingerprint density at radius 2 is 1.96 bits per heavy atom. The SMILES string of the molecule is CCCCCOc1cc(-c2nc3ccccc3c(=O)[nH]2)cc(F)c1F. The van der Waals surface area contributed by atoms with Crippen LogP contribution in [0.1, 0.15) is 26.2 Å². The van der Waals surface area contributed by atoms with E-state index in [1.54, 1.807) is 24.3 Å². The van der Waals surface area contributed by atoms with Crippen LogP contribution in [0, 0.1) is 11.6 Å². The molecule has 0 atom stereocenters. The zero-order valence-electron chi connectivity index (χ0n) is 13.8. The van der Waals surface area contributed by atoms with Gasteiger partial charge in [-0.3, -0.25) is 4.79 Å². The molecule has 0 spiro atoms. The molecule has 130 valence electrons. The predicted molar refractivity (Wildman–Crippen MR) is 92.7 cm³/mol. The van der Waals surface area contributed by atoms with E-state index in [9.17, 15) is 13.6 Å². The molecule has 0 radical (unpaired) electrons. The molecule has 0 aliphatic rings. The first-order valence-electron chi connectivity index (χ1n) is 8.21. The molecule has 0 saturated carbocycles. The Hall–Kier alpha value is -2.76. The summed E-state index contributed by atoms with van der Waals surface area (Å²) >= 11 is 0. The van der Waals surface area contributed by atoms with E-state index in [1.165, 1.54) is 6.07 Å². The van der Waals surface area contributed by atoms with Gasteiger partial charge in [-0.15, -0.1) is 0 Å². The fraction of sp³-hybridized carbons (Fsp3) is 0.263. The number of aromatic nitrogens is 2. The third-order valence-electron chi connectivity index (χ3n) is 3.89. The van der Waals surface area contributed by atoms with Crippen molar-refractivity contribution < 1.29 is 13.5 Å². The highest BCUT2D eigenvalue weighted by Crippen LogP contribution is 2.27. The lowest BCUT2D eigenvalue weighted by atomic mass is 10.1. The third-order valence-corrected chi connectivity index (χ3v) is 3.89. The number of fused-ring (bicyclic) bond motifs is 1. The summed E-state index contributed by atoms with van der Waals surface area (Å²) in [6, 6.07) is 9.19. The number of aromatic amines is 1. The molecule has 25 heavy (non-hydrogen) atoms. The maximum Gasteiger partial charge on any atom is 0.259 e. The molecule has 1 aromatic heterocycles. The molecule has 1 N–H and O–H groups in total. The maximum absolute atomic E-state index is 13.9. The van der Waals surface area contributed by atoms with E-state index < -0.39 is 11.6 Å². The van der Waals surface area contributed by atoms with Crippen LogP contribution < -0.4 is 10.3 Å². The summed E-state index contributed by atoms with van der Waals surface area (Å²) in [7, 11) is 0. The number of hydrogen-bond acceptors (Lipinski definition) is 3. The molecule has 0 bridgehead atoms. The number of unbranched alkanes of at least 4 members (excludes halogenated alkanes) is 2. The van der Waals surface area contributed by atoms with Gasteiger partial charge in [-0.2, -0.15) is 4.39 Å². The lowest BCUT2D eigenvalue weighted by Gasteiger charge is -2.10. The Labute approximate surface area is 143 Å². The molecule has 4 nitrogen and oxygen atoms in total. The molecular weight excluding hydrogens is 326 g/mol. The number of H-pyrrole nitrogens is 1. The van der Waals surface area contributed by atoms with Gasteiger partial charge in [0.1, 0.15) is 5.82 Å². The second-order valence-electron chi connectivity index (χ2n) is 5.76. The molecule has 0 saturated heterocycles. The summed E-state index contributed by atoms with van der Waals surface area (Å²) in [6.07, 6.45) is 2.71. The van der Waals surface area contributed by atoms with Crippen molar-refractivity contribution in [2.24, 2.45) is 0 Å². The first-order valence-corrected chi connectivity index (χ1v) is 8.21. The summed E-state index contributed by atoms with van der Waals surface area (Å²) in [5, 5.41) is 0.435. The number of halogens is 2. The van der Waals surface area contributed by atoms with Crippen molar-refractivity contribution in [3.05, 3.63) is 58.4 Å². The van der Waals surface area contributed by atoms with Crippen molar-refractivity contribution in [1.29, 1.82) is 0 Å². The van der Waals surface area contributed by atoms with Gasteiger partial charge >= 0.3 is 0 Å². The predicted octanol–water partition coefficient (Wildman–Crippen LogP) is 4.44. The minimum Gasteiger partial charge on any atom is -0.490 e. The van der Waals surface area contributed by atoms with Crippen molar-refractivity contribution >= 4 is 10.9 Å². The van der Waals surface area contributed by atoms with Crippen LogP contribution in [0.2, 0.25) is 0 Å². The minimum atomic E-state index is -1.04. The molecule has 0 amide bonds. The molecule has 2 aromatic carbocycles. The highest BCUT2D eigenvalue weighted by atomic mass is 19.2.